The SMILES string of the molecule is CN(C(=O)N1CCOCC1)c1ccc(C(=N)N)cc1. The molecule has 0 bridgehead atoms. The fourth-order valence-corrected chi connectivity index (χ4v) is 1.94. The Kier molecular flexibility index (Phi) is 4.01. The highest BCUT2D eigenvalue weighted by atomic mass is 16.5. The summed E-state index contributed by atoms with van der Waals surface area (Å²) in [6.45, 7) is 2.41. The van der Waals surface area contributed by atoms with Gasteiger partial charge in [-0.15, -0.1) is 0 Å². The fraction of sp³-hybridized carbons (Fsp3) is 0.385. The van der Waals surface area contributed by atoms with Crippen LogP contribution in [0.25, 0.3) is 0 Å². The van der Waals surface area contributed by atoms with Gasteiger partial charge in [-0.05, 0) is 24.3 Å². The lowest BCUT2D eigenvalue weighted by Gasteiger charge is -2.31. The summed E-state index contributed by atoms with van der Waals surface area (Å²) in [6.07, 6.45) is 0. The van der Waals surface area contributed by atoms with Crippen LogP contribution in [0.1, 0.15) is 5.56 Å². The average Bonchev–Trinajstić information content (AvgIpc) is 2.46. The highest BCUT2D eigenvalue weighted by Crippen LogP contribution is 2.16. The van der Waals surface area contributed by atoms with Gasteiger partial charge >= 0.3 is 6.03 Å². The molecule has 0 spiro atoms. The van der Waals surface area contributed by atoms with E-state index < -0.39 is 0 Å². The first-order chi connectivity index (χ1) is 9.09. The van der Waals surface area contributed by atoms with Crippen molar-refractivity contribution in [2.45, 2.75) is 0 Å². The van der Waals surface area contributed by atoms with E-state index in [2.05, 4.69) is 0 Å². The van der Waals surface area contributed by atoms with Gasteiger partial charge in [-0.2, -0.15) is 0 Å². The molecular weight excluding hydrogens is 244 g/mol. The largest absolute Gasteiger partial charge is 0.384 e. The van der Waals surface area contributed by atoms with Crippen LogP contribution in [0.3, 0.4) is 0 Å². The number of rotatable bonds is 2. The van der Waals surface area contributed by atoms with Crippen molar-refractivity contribution in [1.29, 1.82) is 5.41 Å². The summed E-state index contributed by atoms with van der Waals surface area (Å²) in [5.41, 5.74) is 6.83. The molecule has 2 rings (SSSR count). The molecule has 0 aromatic heterocycles. The Hall–Kier alpha value is -2.08. The van der Waals surface area contributed by atoms with Crippen LogP contribution in [0.15, 0.2) is 24.3 Å². The quantitative estimate of drug-likeness (QED) is 0.612. The topological polar surface area (TPSA) is 82.7 Å². The smallest absolute Gasteiger partial charge is 0.324 e. The van der Waals surface area contributed by atoms with Gasteiger partial charge in [-0.1, -0.05) is 0 Å². The number of nitrogens with two attached hydrogens (primary N) is 1. The van der Waals surface area contributed by atoms with Crippen molar-refractivity contribution in [3.8, 4) is 0 Å². The second-order valence-corrected chi connectivity index (χ2v) is 4.40. The normalized spacial score (nSPS) is 15.1. The molecule has 0 saturated carbocycles. The number of carbonyl (C=O) groups is 1. The molecule has 1 aliphatic rings. The molecule has 0 aliphatic carbocycles. The summed E-state index contributed by atoms with van der Waals surface area (Å²) >= 11 is 0. The minimum atomic E-state index is -0.0427. The van der Waals surface area contributed by atoms with Gasteiger partial charge in [-0.25, -0.2) is 4.79 Å². The van der Waals surface area contributed by atoms with E-state index in [1.54, 1.807) is 41.1 Å². The number of hydrogen-bond acceptors (Lipinski definition) is 3. The Labute approximate surface area is 112 Å². The van der Waals surface area contributed by atoms with Gasteiger partial charge in [0.1, 0.15) is 5.84 Å². The number of nitrogens with zero attached hydrogens (tertiary/aromatic N) is 2. The van der Waals surface area contributed by atoms with Crippen molar-refractivity contribution in [2.75, 3.05) is 38.3 Å². The fourth-order valence-electron chi connectivity index (χ4n) is 1.94. The minimum Gasteiger partial charge on any atom is -0.384 e. The molecular formula is C13H18N4O2. The predicted octanol–water partition coefficient (Wildman–Crippen LogP) is 0.859. The van der Waals surface area contributed by atoms with Crippen LogP contribution in [0.4, 0.5) is 10.5 Å². The lowest BCUT2D eigenvalue weighted by molar-refractivity contribution is 0.0551. The van der Waals surface area contributed by atoms with Crippen molar-refractivity contribution in [3.63, 3.8) is 0 Å². The van der Waals surface area contributed by atoms with Gasteiger partial charge in [0.25, 0.3) is 0 Å². The van der Waals surface area contributed by atoms with E-state index in [1.165, 1.54) is 0 Å². The number of amidine groups is 1. The van der Waals surface area contributed by atoms with Crippen molar-refractivity contribution in [2.24, 2.45) is 5.73 Å². The second-order valence-electron chi connectivity index (χ2n) is 4.40. The number of urea groups is 1. The number of nitrogen functional groups attached to an aromatic ring is 1. The van der Waals surface area contributed by atoms with Crippen LogP contribution >= 0.6 is 0 Å². The zero-order valence-corrected chi connectivity index (χ0v) is 10.9. The van der Waals surface area contributed by atoms with E-state index in [4.69, 9.17) is 15.9 Å². The zero-order valence-electron chi connectivity index (χ0n) is 10.9. The van der Waals surface area contributed by atoms with E-state index in [-0.39, 0.29) is 11.9 Å². The van der Waals surface area contributed by atoms with Gasteiger partial charge < -0.3 is 15.4 Å². The van der Waals surface area contributed by atoms with E-state index in [9.17, 15) is 4.79 Å². The third-order valence-electron chi connectivity index (χ3n) is 3.13. The first-order valence-electron chi connectivity index (χ1n) is 6.14. The van der Waals surface area contributed by atoms with Crippen LogP contribution in [0.2, 0.25) is 0 Å². The van der Waals surface area contributed by atoms with Crippen LogP contribution < -0.4 is 10.6 Å². The Morgan fingerprint density at radius 2 is 1.89 bits per heavy atom. The van der Waals surface area contributed by atoms with Gasteiger partial charge in [0, 0.05) is 31.4 Å². The number of carbonyl (C=O) groups excluding carboxylic acids is 1. The van der Waals surface area contributed by atoms with E-state index >= 15 is 0 Å². The molecule has 6 nitrogen and oxygen atoms in total. The zero-order chi connectivity index (χ0) is 13.8. The van der Waals surface area contributed by atoms with Crippen LogP contribution in [0, 0.1) is 5.41 Å². The maximum atomic E-state index is 12.2. The molecule has 3 N–H and O–H groups in total. The molecule has 1 heterocycles. The monoisotopic (exact) mass is 262 g/mol. The van der Waals surface area contributed by atoms with E-state index in [1.807, 2.05) is 0 Å². The third kappa shape index (κ3) is 3.03. The summed E-state index contributed by atoms with van der Waals surface area (Å²) in [5.74, 6) is 0.0220. The van der Waals surface area contributed by atoms with Gasteiger partial charge in [0.2, 0.25) is 0 Å². The molecule has 1 saturated heterocycles. The van der Waals surface area contributed by atoms with Crippen molar-refractivity contribution >= 4 is 17.6 Å². The molecule has 102 valence electrons. The molecule has 0 atom stereocenters. The number of benzene rings is 1. The number of morpholine rings is 1. The molecule has 19 heavy (non-hydrogen) atoms. The molecule has 0 unspecified atom stereocenters. The van der Waals surface area contributed by atoms with Gasteiger partial charge in [-0.3, -0.25) is 10.3 Å². The van der Waals surface area contributed by atoms with Gasteiger partial charge in [0.05, 0.1) is 13.2 Å². The predicted molar refractivity (Wildman–Crippen MR) is 73.6 cm³/mol. The molecule has 1 aromatic rings. The standard InChI is InChI=1S/C13H18N4O2/c1-16(13(18)17-6-8-19-9-7-17)11-4-2-10(3-5-11)12(14)15/h2-5H,6-9H2,1H3,(H3,14,15). The van der Waals surface area contributed by atoms with Crippen LogP contribution in [-0.4, -0.2) is 50.1 Å². The lowest BCUT2D eigenvalue weighted by atomic mass is 10.2. The van der Waals surface area contributed by atoms with Crippen molar-refractivity contribution < 1.29 is 9.53 Å². The Morgan fingerprint density at radius 1 is 1.32 bits per heavy atom. The highest BCUT2D eigenvalue weighted by Gasteiger charge is 2.21. The van der Waals surface area contributed by atoms with Crippen LogP contribution in [-0.2, 0) is 4.74 Å². The maximum Gasteiger partial charge on any atom is 0.324 e. The highest BCUT2D eigenvalue weighted by molar-refractivity contribution is 5.96. The molecule has 6 heteroatoms. The summed E-state index contributed by atoms with van der Waals surface area (Å²) in [6, 6.07) is 7.00. The number of nitrogens with one attached hydrogen (secondary N) is 1. The first kappa shape index (κ1) is 13.4. The third-order valence-corrected chi connectivity index (χ3v) is 3.13. The Balaban J connectivity index is 2.07. The summed E-state index contributed by atoms with van der Waals surface area (Å²) in [5, 5.41) is 7.33. The van der Waals surface area contributed by atoms with E-state index in [0.29, 0.717) is 31.9 Å². The first-order valence-corrected chi connectivity index (χ1v) is 6.14. The Bertz CT molecular complexity index is 466. The number of hydrogen-bond donors (Lipinski definition) is 2. The van der Waals surface area contributed by atoms with Crippen molar-refractivity contribution in [1.82, 2.24) is 4.90 Å². The molecule has 1 aromatic carbocycles. The molecule has 1 fully saturated rings. The number of amides is 2. The second kappa shape index (κ2) is 5.71. The minimum absolute atomic E-state index is 0.0220. The summed E-state index contributed by atoms with van der Waals surface area (Å²) < 4.78 is 5.23. The van der Waals surface area contributed by atoms with Gasteiger partial charge in [0.15, 0.2) is 0 Å². The average molecular weight is 262 g/mol. The van der Waals surface area contributed by atoms with E-state index in [0.717, 1.165) is 5.69 Å². The molecule has 0 radical (unpaired) electrons. The summed E-state index contributed by atoms with van der Waals surface area (Å²) in [4.78, 5) is 15.6. The lowest BCUT2D eigenvalue weighted by Crippen LogP contribution is -2.47. The Morgan fingerprint density at radius 3 is 2.42 bits per heavy atom. The maximum absolute atomic E-state index is 12.2. The van der Waals surface area contributed by atoms with Crippen LogP contribution in [0.5, 0.6) is 0 Å². The molecule has 2 amide bonds. The number of anilines is 1. The summed E-state index contributed by atoms with van der Waals surface area (Å²) in [7, 11) is 1.74. The van der Waals surface area contributed by atoms with Crippen molar-refractivity contribution in [3.05, 3.63) is 29.8 Å². The molecule has 1 aliphatic heterocycles. The number of ether oxygens (including phenoxy) is 1.